The standard InChI is InChI=1S/C10H16FN3O2/c1-2-12-5-3-4-6-14-7-8(11)9(15)13-10(14)16/h7,12H,2-6H2,1H3,(H,13,15,16). The summed E-state index contributed by atoms with van der Waals surface area (Å²) in [5.41, 5.74) is -1.52. The lowest BCUT2D eigenvalue weighted by Gasteiger charge is -2.05. The van der Waals surface area contributed by atoms with Gasteiger partial charge < -0.3 is 5.32 Å². The molecule has 0 fully saturated rings. The van der Waals surface area contributed by atoms with Gasteiger partial charge in [-0.15, -0.1) is 0 Å². The lowest BCUT2D eigenvalue weighted by Crippen LogP contribution is -2.31. The summed E-state index contributed by atoms with van der Waals surface area (Å²) in [6.07, 6.45) is 2.62. The fraction of sp³-hybridized carbons (Fsp3) is 0.600. The van der Waals surface area contributed by atoms with Crippen molar-refractivity contribution in [2.24, 2.45) is 0 Å². The molecule has 6 heteroatoms. The van der Waals surface area contributed by atoms with Gasteiger partial charge in [0.1, 0.15) is 0 Å². The molecule has 16 heavy (non-hydrogen) atoms. The summed E-state index contributed by atoms with van der Waals surface area (Å²) in [5, 5.41) is 3.15. The quantitative estimate of drug-likeness (QED) is 0.678. The summed E-state index contributed by atoms with van der Waals surface area (Å²) >= 11 is 0. The Labute approximate surface area is 92.3 Å². The summed E-state index contributed by atoms with van der Waals surface area (Å²) in [4.78, 5) is 23.9. The molecule has 1 aromatic rings. The van der Waals surface area contributed by atoms with Crippen molar-refractivity contribution in [3.05, 3.63) is 32.9 Å². The minimum absolute atomic E-state index is 0.415. The molecular weight excluding hydrogens is 213 g/mol. The van der Waals surface area contributed by atoms with Crippen LogP contribution in [0.5, 0.6) is 0 Å². The van der Waals surface area contributed by atoms with Gasteiger partial charge in [-0.2, -0.15) is 4.39 Å². The molecule has 1 aromatic heterocycles. The van der Waals surface area contributed by atoms with Crippen molar-refractivity contribution >= 4 is 0 Å². The smallest absolute Gasteiger partial charge is 0.317 e. The van der Waals surface area contributed by atoms with E-state index in [1.54, 1.807) is 0 Å². The van der Waals surface area contributed by atoms with Crippen LogP contribution < -0.4 is 16.6 Å². The number of hydrogen-bond acceptors (Lipinski definition) is 3. The maximum Gasteiger partial charge on any atom is 0.328 e. The van der Waals surface area contributed by atoms with E-state index in [2.05, 4.69) is 5.32 Å². The van der Waals surface area contributed by atoms with Gasteiger partial charge in [0.25, 0.3) is 5.56 Å². The van der Waals surface area contributed by atoms with E-state index in [0.29, 0.717) is 6.54 Å². The number of aromatic amines is 1. The Bertz CT molecular complexity index is 438. The average molecular weight is 229 g/mol. The van der Waals surface area contributed by atoms with Crippen molar-refractivity contribution < 1.29 is 4.39 Å². The highest BCUT2D eigenvalue weighted by molar-refractivity contribution is 4.86. The van der Waals surface area contributed by atoms with Crippen molar-refractivity contribution in [1.29, 1.82) is 0 Å². The number of rotatable bonds is 6. The zero-order chi connectivity index (χ0) is 12.0. The molecule has 5 nitrogen and oxygen atoms in total. The zero-order valence-corrected chi connectivity index (χ0v) is 9.25. The Balaban J connectivity index is 2.51. The molecule has 0 radical (unpaired) electrons. The fourth-order valence-electron chi connectivity index (χ4n) is 1.36. The highest BCUT2D eigenvalue weighted by atomic mass is 19.1. The molecule has 0 bridgehead atoms. The number of aryl methyl sites for hydroxylation is 1. The van der Waals surface area contributed by atoms with Crippen LogP contribution in [0.1, 0.15) is 19.8 Å². The molecule has 0 aliphatic carbocycles. The normalized spacial score (nSPS) is 10.6. The third-order valence-electron chi connectivity index (χ3n) is 2.22. The number of unbranched alkanes of at least 4 members (excludes halogenated alkanes) is 1. The van der Waals surface area contributed by atoms with Crippen molar-refractivity contribution in [2.75, 3.05) is 13.1 Å². The van der Waals surface area contributed by atoms with Crippen molar-refractivity contribution in [3.8, 4) is 0 Å². The van der Waals surface area contributed by atoms with Gasteiger partial charge in [-0.25, -0.2) is 4.79 Å². The Hall–Kier alpha value is -1.43. The molecule has 0 unspecified atom stereocenters. The van der Waals surface area contributed by atoms with Crippen LogP contribution in [-0.4, -0.2) is 22.6 Å². The number of nitrogens with one attached hydrogen (secondary N) is 2. The van der Waals surface area contributed by atoms with Gasteiger partial charge >= 0.3 is 5.69 Å². The summed E-state index contributed by atoms with van der Waals surface area (Å²) in [5.74, 6) is -0.925. The van der Waals surface area contributed by atoms with E-state index in [-0.39, 0.29) is 0 Å². The highest BCUT2D eigenvalue weighted by Gasteiger charge is 2.02. The molecule has 0 spiro atoms. The molecule has 0 aliphatic rings. The van der Waals surface area contributed by atoms with E-state index in [4.69, 9.17) is 0 Å². The van der Waals surface area contributed by atoms with Crippen molar-refractivity contribution in [2.45, 2.75) is 26.3 Å². The molecule has 90 valence electrons. The maximum atomic E-state index is 12.9. The average Bonchev–Trinajstić information content (AvgIpc) is 2.25. The van der Waals surface area contributed by atoms with Crippen molar-refractivity contribution in [1.82, 2.24) is 14.9 Å². The van der Waals surface area contributed by atoms with E-state index in [9.17, 15) is 14.0 Å². The van der Waals surface area contributed by atoms with Crippen molar-refractivity contribution in [3.63, 3.8) is 0 Å². The second kappa shape index (κ2) is 6.22. The first-order valence-electron chi connectivity index (χ1n) is 5.35. The SMILES string of the molecule is CCNCCCCn1cc(F)c(=O)[nH]c1=O. The van der Waals surface area contributed by atoms with Crippen LogP contribution in [0.15, 0.2) is 15.8 Å². The van der Waals surface area contributed by atoms with Crippen LogP contribution in [0.25, 0.3) is 0 Å². The van der Waals surface area contributed by atoms with Crippen LogP contribution >= 0.6 is 0 Å². The van der Waals surface area contributed by atoms with Gasteiger partial charge in [-0.3, -0.25) is 14.3 Å². The van der Waals surface area contributed by atoms with E-state index in [1.807, 2.05) is 11.9 Å². The minimum atomic E-state index is -0.964. The van der Waals surface area contributed by atoms with Crippen LogP contribution in [0, 0.1) is 5.82 Å². The van der Waals surface area contributed by atoms with Gasteiger partial charge in [-0.05, 0) is 25.9 Å². The fourth-order valence-corrected chi connectivity index (χ4v) is 1.36. The predicted octanol–water partition coefficient (Wildman–Crippen LogP) is 0.0654. The van der Waals surface area contributed by atoms with Crippen LogP contribution in [0.4, 0.5) is 4.39 Å². The predicted molar refractivity (Wildman–Crippen MR) is 59.1 cm³/mol. The second-order valence-electron chi connectivity index (χ2n) is 3.49. The Morgan fingerprint density at radius 3 is 2.88 bits per heavy atom. The van der Waals surface area contributed by atoms with Gasteiger partial charge in [-0.1, -0.05) is 6.92 Å². The molecular formula is C10H16FN3O2. The molecule has 0 aromatic carbocycles. The third kappa shape index (κ3) is 3.62. The lowest BCUT2D eigenvalue weighted by molar-refractivity contribution is 0.521. The second-order valence-corrected chi connectivity index (χ2v) is 3.49. The third-order valence-corrected chi connectivity index (χ3v) is 2.22. The van der Waals surface area contributed by atoms with Crippen LogP contribution in [-0.2, 0) is 6.54 Å². The molecule has 2 N–H and O–H groups in total. The van der Waals surface area contributed by atoms with Gasteiger partial charge in [0.15, 0.2) is 0 Å². The van der Waals surface area contributed by atoms with Crippen LogP contribution in [0.3, 0.4) is 0 Å². The van der Waals surface area contributed by atoms with E-state index < -0.39 is 17.1 Å². The lowest BCUT2D eigenvalue weighted by atomic mass is 10.3. The first-order chi connectivity index (χ1) is 7.65. The highest BCUT2D eigenvalue weighted by Crippen LogP contribution is 1.92. The first-order valence-corrected chi connectivity index (χ1v) is 5.35. The monoisotopic (exact) mass is 229 g/mol. The Morgan fingerprint density at radius 1 is 1.44 bits per heavy atom. The largest absolute Gasteiger partial charge is 0.328 e. The Morgan fingerprint density at radius 2 is 2.19 bits per heavy atom. The van der Waals surface area contributed by atoms with E-state index >= 15 is 0 Å². The number of nitrogens with zero attached hydrogens (tertiary/aromatic N) is 1. The molecule has 0 atom stereocenters. The summed E-state index contributed by atoms with van der Waals surface area (Å²) < 4.78 is 14.1. The summed E-state index contributed by atoms with van der Waals surface area (Å²) in [6.45, 7) is 4.21. The van der Waals surface area contributed by atoms with E-state index in [0.717, 1.165) is 32.1 Å². The zero-order valence-electron chi connectivity index (χ0n) is 9.25. The molecule has 0 saturated heterocycles. The number of hydrogen-bond donors (Lipinski definition) is 2. The van der Waals surface area contributed by atoms with Gasteiger partial charge in [0.2, 0.25) is 5.82 Å². The van der Waals surface area contributed by atoms with E-state index in [1.165, 1.54) is 4.57 Å². The molecule has 0 aliphatic heterocycles. The molecule has 0 saturated carbocycles. The molecule has 0 amide bonds. The number of aromatic nitrogens is 2. The summed E-state index contributed by atoms with van der Waals surface area (Å²) in [6, 6.07) is 0. The minimum Gasteiger partial charge on any atom is -0.317 e. The molecule has 1 rings (SSSR count). The Kier molecular flexibility index (Phi) is 4.91. The van der Waals surface area contributed by atoms with Gasteiger partial charge in [0, 0.05) is 6.54 Å². The summed E-state index contributed by atoms with van der Waals surface area (Å²) in [7, 11) is 0. The number of halogens is 1. The van der Waals surface area contributed by atoms with Crippen LogP contribution in [0.2, 0.25) is 0 Å². The number of H-pyrrole nitrogens is 1. The topological polar surface area (TPSA) is 66.9 Å². The maximum absolute atomic E-state index is 12.9. The first kappa shape index (κ1) is 12.6. The molecule has 1 heterocycles. The van der Waals surface area contributed by atoms with Gasteiger partial charge in [0.05, 0.1) is 6.20 Å².